The molecule has 1 atom stereocenters. The van der Waals surface area contributed by atoms with Crippen molar-refractivity contribution in [1.82, 2.24) is 4.98 Å². The highest BCUT2D eigenvalue weighted by Gasteiger charge is 2.22. The number of halogens is 2. The van der Waals surface area contributed by atoms with Crippen LogP contribution in [0.5, 0.6) is 11.6 Å². The minimum Gasteiger partial charge on any atom is -0.496 e. The minimum atomic E-state index is 0.302. The molecular formula is C13H11Br2NO2. The summed E-state index contributed by atoms with van der Waals surface area (Å²) >= 11 is 7.23. The summed E-state index contributed by atoms with van der Waals surface area (Å²) in [7, 11) is 1.66. The van der Waals surface area contributed by atoms with Gasteiger partial charge in [0.2, 0.25) is 5.88 Å². The quantitative estimate of drug-likeness (QED) is 0.702. The number of fused-ring (bicyclic) bond motifs is 2. The Bertz CT molecular complexity index is 615. The molecule has 1 aliphatic rings. The second kappa shape index (κ2) is 4.70. The van der Waals surface area contributed by atoms with E-state index in [1.807, 2.05) is 12.1 Å². The van der Waals surface area contributed by atoms with E-state index in [1.54, 1.807) is 7.11 Å². The second-order valence-corrected chi connectivity index (χ2v) is 6.03. The number of rotatable bonds is 1. The third kappa shape index (κ3) is 1.89. The number of hydrogen-bond donors (Lipinski definition) is 0. The van der Waals surface area contributed by atoms with Crippen LogP contribution >= 0.6 is 31.9 Å². The SMILES string of the molecule is COc1ccc2nc3c(cc2c1Br)C(Br)CCO3. The zero-order chi connectivity index (χ0) is 12.7. The van der Waals surface area contributed by atoms with Crippen molar-refractivity contribution < 1.29 is 9.47 Å². The summed E-state index contributed by atoms with van der Waals surface area (Å²) < 4.78 is 11.9. The molecule has 2 aromatic rings. The van der Waals surface area contributed by atoms with Gasteiger partial charge >= 0.3 is 0 Å². The van der Waals surface area contributed by atoms with Gasteiger partial charge in [0.05, 0.1) is 23.7 Å². The fourth-order valence-electron chi connectivity index (χ4n) is 2.10. The molecule has 0 aliphatic carbocycles. The Labute approximate surface area is 122 Å². The molecule has 3 nitrogen and oxygen atoms in total. The molecule has 0 bridgehead atoms. The topological polar surface area (TPSA) is 31.4 Å². The number of benzene rings is 1. The molecule has 18 heavy (non-hydrogen) atoms. The van der Waals surface area contributed by atoms with Gasteiger partial charge in [-0.05, 0) is 40.5 Å². The van der Waals surface area contributed by atoms with Crippen molar-refractivity contribution in [3.05, 3.63) is 28.2 Å². The molecule has 0 radical (unpaired) electrons. The van der Waals surface area contributed by atoms with Crippen LogP contribution in [0.1, 0.15) is 16.8 Å². The molecule has 0 amide bonds. The highest BCUT2D eigenvalue weighted by molar-refractivity contribution is 9.10. The first-order valence-electron chi connectivity index (χ1n) is 5.64. The molecular weight excluding hydrogens is 362 g/mol. The lowest BCUT2D eigenvalue weighted by Crippen LogP contribution is -2.11. The van der Waals surface area contributed by atoms with E-state index in [9.17, 15) is 0 Å². The first-order valence-corrected chi connectivity index (χ1v) is 7.35. The largest absolute Gasteiger partial charge is 0.496 e. The van der Waals surface area contributed by atoms with E-state index in [1.165, 1.54) is 0 Å². The molecule has 3 rings (SSSR count). The van der Waals surface area contributed by atoms with Crippen molar-refractivity contribution in [1.29, 1.82) is 0 Å². The number of hydrogen-bond acceptors (Lipinski definition) is 3. The van der Waals surface area contributed by atoms with Gasteiger partial charge in [0.1, 0.15) is 5.75 Å². The molecule has 1 aromatic carbocycles. The van der Waals surface area contributed by atoms with Crippen LogP contribution in [0, 0.1) is 0 Å². The Morgan fingerprint density at radius 1 is 1.44 bits per heavy atom. The van der Waals surface area contributed by atoms with Crippen LogP contribution in [0.3, 0.4) is 0 Å². The summed E-state index contributed by atoms with van der Waals surface area (Å²) in [5, 5.41) is 1.04. The fourth-order valence-corrected chi connectivity index (χ4v) is 3.23. The van der Waals surface area contributed by atoms with E-state index in [0.29, 0.717) is 11.4 Å². The van der Waals surface area contributed by atoms with Gasteiger partial charge in [-0.15, -0.1) is 0 Å². The number of methoxy groups -OCH3 is 1. The van der Waals surface area contributed by atoms with E-state index >= 15 is 0 Å². The van der Waals surface area contributed by atoms with E-state index in [4.69, 9.17) is 9.47 Å². The van der Waals surface area contributed by atoms with Gasteiger partial charge in [0, 0.05) is 15.8 Å². The first kappa shape index (κ1) is 12.2. The van der Waals surface area contributed by atoms with Crippen LogP contribution in [0.15, 0.2) is 22.7 Å². The smallest absolute Gasteiger partial charge is 0.218 e. The molecule has 0 N–H and O–H groups in total. The summed E-state index contributed by atoms with van der Waals surface area (Å²) in [5.74, 6) is 1.54. The van der Waals surface area contributed by atoms with Crippen LogP contribution in [0.2, 0.25) is 0 Å². The highest BCUT2D eigenvalue weighted by Crippen LogP contribution is 2.41. The molecule has 1 aliphatic heterocycles. The molecule has 0 fully saturated rings. The normalized spacial score (nSPS) is 18.3. The van der Waals surface area contributed by atoms with Gasteiger partial charge < -0.3 is 9.47 Å². The third-order valence-electron chi connectivity index (χ3n) is 3.06. The maximum atomic E-state index is 5.61. The standard InChI is InChI=1S/C13H11Br2NO2/c1-17-11-3-2-10-8(12(11)15)6-7-9(14)4-5-18-13(7)16-10/h2-3,6,9H,4-5H2,1H3. The molecule has 0 spiro atoms. The maximum Gasteiger partial charge on any atom is 0.218 e. The zero-order valence-electron chi connectivity index (χ0n) is 9.74. The van der Waals surface area contributed by atoms with Crippen molar-refractivity contribution in [2.24, 2.45) is 0 Å². The van der Waals surface area contributed by atoms with Crippen LogP contribution in [0.4, 0.5) is 0 Å². The number of ether oxygens (including phenoxy) is 2. The Morgan fingerprint density at radius 2 is 2.28 bits per heavy atom. The van der Waals surface area contributed by atoms with Gasteiger partial charge in [0.25, 0.3) is 0 Å². The predicted molar refractivity (Wildman–Crippen MR) is 77.8 cm³/mol. The van der Waals surface area contributed by atoms with E-state index in [0.717, 1.165) is 39.0 Å². The third-order valence-corrected chi connectivity index (χ3v) is 4.83. The Hall–Kier alpha value is -0.810. The average Bonchev–Trinajstić information content (AvgIpc) is 2.38. The number of nitrogens with zero attached hydrogens (tertiary/aromatic N) is 1. The first-order chi connectivity index (χ1) is 8.70. The van der Waals surface area contributed by atoms with Crippen molar-refractivity contribution in [2.45, 2.75) is 11.2 Å². The second-order valence-electron chi connectivity index (χ2n) is 4.14. The summed E-state index contributed by atoms with van der Waals surface area (Å²) in [6.07, 6.45) is 0.960. The van der Waals surface area contributed by atoms with Crippen LogP contribution in [0.25, 0.3) is 10.9 Å². The summed E-state index contributed by atoms with van der Waals surface area (Å²) in [4.78, 5) is 4.87. The van der Waals surface area contributed by atoms with Gasteiger partial charge in [-0.3, -0.25) is 0 Å². The molecule has 1 unspecified atom stereocenters. The maximum absolute atomic E-state index is 5.61. The van der Waals surface area contributed by atoms with Crippen LogP contribution < -0.4 is 9.47 Å². The van der Waals surface area contributed by atoms with Gasteiger partial charge in [-0.1, -0.05) is 15.9 Å². The zero-order valence-corrected chi connectivity index (χ0v) is 12.9. The monoisotopic (exact) mass is 371 g/mol. The lowest BCUT2D eigenvalue weighted by Gasteiger charge is -2.21. The van der Waals surface area contributed by atoms with E-state index in [-0.39, 0.29) is 0 Å². The number of pyridine rings is 1. The lowest BCUT2D eigenvalue weighted by atomic mass is 10.1. The highest BCUT2D eigenvalue weighted by atomic mass is 79.9. The minimum absolute atomic E-state index is 0.302. The van der Waals surface area contributed by atoms with Crippen molar-refractivity contribution in [3.63, 3.8) is 0 Å². The molecule has 5 heteroatoms. The van der Waals surface area contributed by atoms with Crippen molar-refractivity contribution >= 4 is 42.8 Å². The Kier molecular flexibility index (Phi) is 3.20. The number of alkyl halides is 1. The van der Waals surface area contributed by atoms with E-state index in [2.05, 4.69) is 42.9 Å². The molecule has 2 heterocycles. The van der Waals surface area contributed by atoms with Crippen LogP contribution in [-0.4, -0.2) is 18.7 Å². The molecule has 1 aromatic heterocycles. The van der Waals surface area contributed by atoms with Gasteiger partial charge in [0.15, 0.2) is 0 Å². The molecule has 94 valence electrons. The van der Waals surface area contributed by atoms with Gasteiger partial charge in [-0.2, -0.15) is 0 Å². The number of aromatic nitrogens is 1. The van der Waals surface area contributed by atoms with E-state index < -0.39 is 0 Å². The lowest BCUT2D eigenvalue weighted by molar-refractivity contribution is 0.277. The predicted octanol–water partition coefficient (Wildman–Crippen LogP) is 4.22. The summed E-state index contributed by atoms with van der Waals surface area (Å²) in [6, 6.07) is 5.96. The molecule has 0 saturated heterocycles. The average molecular weight is 373 g/mol. The molecule has 0 saturated carbocycles. The van der Waals surface area contributed by atoms with Crippen molar-refractivity contribution in [3.8, 4) is 11.6 Å². The summed E-state index contributed by atoms with van der Waals surface area (Å²) in [6.45, 7) is 0.707. The fraction of sp³-hybridized carbons (Fsp3) is 0.308. The Balaban J connectivity index is 2.28. The van der Waals surface area contributed by atoms with Gasteiger partial charge in [-0.25, -0.2) is 4.98 Å². The van der Waals surface area contributed by atoms with Crippen LogP contribution in [-0.2, 0) is 0 Å². The Morgan fingerprint density at radius 3 is 3.06 bits per heavy atom. The van der Waals surface area contributed by atoms with Crippen molar-refractivity contribution in [2.75, 3.05) is 13.7 Å². The summed E-state index contributed by atoms with van der Waals surface area (Å²) in [5.41, 5.74) is 2.01.